The largest absolute Gasteiger partial charge is 1.00 e. The van der Waals surface area contributed by atoms with Crippen LogP contribution in [0.4, 0.5) is 11.4 Å². The van der Waals surface area contributed by atoms with E-state index < -0.39 is 20.8 Å². The fourth-order valence-electron chi connectivity index (χ4n) is 2.18. The van der Waals surface area contributed by atoms with Crippen LogP contribution in [0.5, 0.6) is 5.75 Å². The van der Waals surface area contributed by atoms with E-state index in [0.29, 0.717) is 16.5 Å². The Kier molecular flexibility index (Phi) is 5.74. The molecule has 116 valence electrons. The predicted octanol–water partition coefficient (Wildman–Crippen LogP) is 0.580. The zero-order chi connectivity index (χ0) is 16.4. The minimum atomic E-state index is -4.64. The Labute approximate surface area is 160 Å². The standard InChI is InChI=1S/C16H12N2O4S.Na/c19-16-14(23(20,21)22)10-11-6-4-5-9-13(11)15(16)18-17-12-7-2-1-3-8-12;/h1-10,19H,(H,20,21,22);/q;+1/p-1. The maximum Gasteiger partial charge on any atom is 1.00 e. The number of benzene rings is 3. The number of azo groups is 1. The van der Waals surface area contributed by atoms with Crippen molar-refractivity contribution in [1.29, 1.82) is 0 Å². The summed E-state index contributed by atoms with van der Waals surface area (Å²) in [7, 11) is -4.64. The molecule has 8 heteroatoms. The Balaban J connectivity index is 0.00000208. The van der Waals surface area contributed by atoms with Crippen LogP contribution >= 0.6 is 0 Å². The Bertz CT molecular complexity index is 1010. The first kappa shape index (κ1) is 18.6. The average molecular weight is 350 g/mol. The molecule has 0 atom stereocenters. The molecule has 3 rings (SSSR count). The molecule has 3 aromatic rings. The third-order valence-corrected chi connectivity index (χ3v) is 4.10. The maximum atomic E-state index is 12.4. The van der Waals surface area contributed by atoms with Crippen LogP contribution < -0.4 is 34.7 Å². The van der Waals surface area contributed by atoms with Crippen LogP contribution in [0.15, 0.2) is 75.8 Å². The third kappa shape index (κ3) is 3.82. The first-order valence-electron chi connectivity index (χ1n) is 6.64. The van der Waals surface area contributed by atoms with Crippen LogP contribution in [-0.2, 0) is 10.1 Å². The smallest absolute Gasteiger partial charge is 0.870 e. The normalized spacial score (nSPS) is 11.5. The van der Waals surface area contributed by atoms with Gasteiger partial charge < -0.3 is 5.11 Å². The van der Waals surface area contributed by atoms with Crippen molar-refractivity contribution < 1.29 is 47.6 Å². The van der Waals surface area contributed by atoms with Crippen molar-refractivity contribution in [1.82, 2.24) is 0 Å². The number of nitrogens with zero attached hydrogens (tertiary/aromatic N) is 2. The molecule has 0 aliphatic rings. The molecule has 0 amide bonds. The molecular formula is C16H11N2NaO4S. The van der Waals surface area contributed by atoms with Crippen molar-refractivity contribution in [3.63, 3.8) is 0 Å². The molecule has 0 aliphatic heterocycles. The van der Waals surface area contributed by atoms with Gasteiger partial charge in [0.1, 0.15) is 0 Å². The Morgan fingerprint density at radius 2 is 1.54 bits per heavy atom. The van der Waals surface area contributed by atoms with E-state index >= 15 is 0 Å². The molecule has 3 aromatic carbocycles. The second kappa shape index (κ2) is 7.42. The van der Waals surface area contributed by atoms with Crippen molar-refractivity contribution in [2.75, 3.05) is 0 Å². The van der Waals surface area contributed by atoms with Gasteiger partial charge in [0.2, 0.25) is 0 Å². The summed E-state index contributed by atoms with van der Waals surface area (Å²) in [6.45, 7) is 0. The van der Waals surface area contributed by atoms with Gasteiger partial charge in [0, 0.05) is 5.39 Å². The summed E-state index contributed by atoms with van der Waals surface area (Å²) in [6.07, 6.45) is 0. The van der Waals surface area contributed by atoms with Gasteiger partial charge in [-0.05, 0) is 23.6 Å². The van der Waals surface area contributed by atoms with E-state index in [0.717, 1.165) is 6.07 Å². The minimum absolute atomic E-state index is 0. The van der Waals surface area contributed by atoms with Crippen molar-refractivity contribution in [2.24, 2.45) is 10.2 Å². The Hall–Kier alpha value is -1.77. The number of rotatable bonds is 3. The molecule has 24 heavy (non-hydrogen) atoms. The summed E-state index contributed by atoms with van der Waals surface area (Å²) < 4.78 is 32.1. The SMILES string of the molecule is O=S(=O)(O)c1cc2ccccc2c(N=Nc2ccccc2)c1[O-].[Na+]. The molecule has 0 bridgehead atoms. The van der Waals surface area contributed by atoms with Crippen molar-refractivity contribution in [3.05, 3.63) is 60.7 Å². The molecule has 1 N–H and O–H groups in total. The zero-order valence-electron chi connectivity index (χ0n) is 12.7. The summed E-state index contributed by atoms with van der Waals surface area (Å²) in [5, 5.41) is 21.2. The van der Waals surface area contributed by atoms with E-state index in [4.69, 9.17) is 0 Å². The van der Waals surface area contributed by atoms with E-state index in [2.05, 4.69) is 10.2 Å². The van der Waals surface area contributed by atoms with Crippen LogP contribution in [0.3, 0.4) is 0 Å². The summed E-state index contributed by atoms with van der Waals surface area (Å²) in [4.78, 5) is -0.710. The zero-order valence-corrected chi connectivity index (χ0v) is 15.6. The average Bonchev–Trinajstić information content (AvgIpc) is 2.53. The van der Waals surface area contributed by atoms with Gasteiger partial charge in [-0.15, -0.1) is 0 Å². The van der Waals surface area contributed by atoms with Gasteiger partial charge in [0.25, 0.3) is 10.1 Å². The van der Waals surface area contributed by atoms with Gasteiger partial charge in [-0.1, -0.05) is 48.2 Å². The first-order valence-corrected chi connectivity index (χ1v) is 8.08. The topological polar surface area (TPSA) is 102 Å². The van der Waals surface area contributed by atoms with Crippen molar-refractivity contribution >= 4 is 32.3 Å². The Morgan fingerprint density at radius 1 is 0.917 bits per heavy atom. The van der Waals surface area contributed by atoms with E-state index in [-0.39, 0.29) is 35.2 Å². The number of hydrogen-bond acceptors (Lipinski definition) is 5. The van der Waals surface area contributed by atoms with Crippen LogP contribution in [0.1, 0.15) is 0 Å². The number of hydrogen-bond donors (Lipinski definition) is 1. The van der Waals surface area contributed by atoms with Gasteiger partial charge in [0.15, 0.2) is 0 Å². The second-order valence-corrected chi connectivity index (χ2v) is 6.17. The molecule has 0 radical (unpaired) electrons. The van der Waals surface area contributed by atoms with Crippen LogP contribution in [0.2, 0.25) is 0 Å². The molecule has 0 aliphatic carbocycles. The van der Waals surface area contributed by atoms with Gasteiger partial charge >= 0.3 is 29.6 Å². The van der Waals surface area contributed by atoms with E-state index in [1.807, 2.05) is 6.07 Å². The monoisotopic (exact) mass is 350 g/mol. The quantitative estimate of drug-likeness (QED) is 0.424. The molecule has 0 fully saturated rings. The summed E-state index contributed by atoms with van der Waals surface area (Å²) >= 11 is 0. The molecule has 0 saturated heterocycles. The van der Waals surface area contributed by atoms with Crippen molar-refractivity contribution in [2.45, 2.75) is 4.90 Å². The minimum Gasteiger partial charge on any atom is -0.870 e. The van der Waals surface area contributed by atoms with E-state index in [1.165, 1.54) is 0 Å². The molecule has 0 heterocycles. The molecule has 0 saturated carbocycles. The van der Waals surface area contributed by atoms with E-state index in [1.54, 1.807) is 48.5 Å². The van der Waals surface area contributed by atoms with Crippen molar-refractivity contribution in [3.8, 4) is 5.75 Å². The third-order valence-electron chi connectivity index (χ3n) is 3.24. The van der Waals surface area contributed by atoms with Gasteiger partial charge in [-0.3, -0.25) is 4.55 Å². The van der Waals surface area contributed by atoms with Gasteiger partial charge in [0.05, 0.1) is 16.3 Å². The predicted molar refractivity (Wildman–Crippen MR) is 83.8 cm³/mol. The van der Waals surface area contributed by atoms with Crippen LogP contribution in [-0.4, -0.2) is 13.0 Å². The summed E-state index contributed by atoms with van der Waals surface area (Å²) in [5.41, 5.74) is 0.396. The molecule has 0 aromatic heterocycles. The fourth-order valence-corrected chi connectivity index (χ4v) is 2.78. The Morgan fingerprint density at radius 3 is 2.21 bits per heavy atom. The molecule has 0 spiro atoms. The molecule has 0 unspecified atom stereocenters. The summed E-state index contributed by atoms with van der Waals surface area (Å²) in [5.74, 6) is -0.883. The van der Waals surface area contributed by atoms with Crippen LogP contribution in [0.25, 0.3) is 10.8 Å². The fraction of sp³-hybridized carbons (Fsp3) is 0. The second-order valence-electron chi connectivity index (χ2n) is 4.78. The number of fused-ring (bicyclic) bond motifs is 1. The molecule has 6 nitrogen and oxygen atoms in total. The maximum absolute atomic E-state index is 12.4. The summed E-state index contributed by atoms with van der Waals surface area (Å²) in [6, 6.07) is 16.5. The molecular weight excluding hydrogens is 339 g/mol. The first-order chi connectivity index (χ1) is 11.0. The van der Waals surface area contributed by atoms with E-state index in [9.17, 15) is 18.1 Å². The van der Waals surface area contributed by atoms with Gasteiger partial charge in [-0.25, -0.2) is 0 Å². The van der Waals surface area contributed by atoms with Gasteiger partial charge in [-0.2, -0.15) is 18.6 Å². The van der Waals surface area contributed by atoms with Crippen LogP contribution in [0, 0.1) is 0 Å².